The molecule has 0 radical (unpaired) electrons. The van der Waals surface area contributed by atoms with Gasteiger partial charge in [0.05, 0.1) is 0 Å². The van der Waals surface area contributed by atoms with Gasteiger partial charge >= 0.3 is 6.09 Å². The standard InChI is InChI=1S/C26H26N2O2/c27-17-20-10-7-9-19(16-20)8-5-6-15-28-26(29)30-18-25-23-13-3-1-11-21(23)22-12-2-4-14-24(22)25/h1-5,7-14,16,25H,6,15,17-18,27H2,(H,28,29). The maximum absolute atomic E-state index is 12.2. The highest BCUT2D eigenvalue weighted by atomic mass is 16.5. The summed E-state index contributed by atoms with van der Waals surface area (Å²) in [4.78, 5) is 12.2. The summed E-state index contributed by atoms with van der Waals surface area (Å²) >= 11 is 0. The van der Waals surface area contributed by atoms with E-state index in [0.717, 1.165) is 17.5 Å². The number of carbonyl (C=O) groups is 1. The minimum atomic E-state index is -0.379. The van der Waals surface area contributed by atoms with Crippen LogP contribution in [0, 0.1) is 0 Å². The first-order valence-electron chi connectivity index (χ1n) is 10.3. The monoisotopic (exact) mass is 398 g/mol. The first-order chi connectivity index (χ1) is 14.8. The third-order valence-electron chi connectivity index (χ3n) is 5.42. The molecular formula is C26H26N2O2. The Morgan fingerprint density at radius 3 is 2.37 bits per heavy atom. The molecule has 1 aliphatic carbocycles. The van der Waals surface area contributed by atoms with E-state index in [0.29, 0.717) is 19.7 Å². The number of fused-ring (bicyclic) bond motifs is 3. The predicted octanol–water partition coefficient (Wildman–Crippen LogP) is 5.09. The Morgan fingerprint density at radius 1 is 0.967 bits per heavy atom. The highest BCUT2D eigenvalue weighted by molar-refractivity contribution is 5.79. The second-order valence-corrected chi connectivity index (χ2v) is 7.39. The maximum atomic E-state index is 12.2. The van der Waals surface area contributed by atoms with Crippen LogP contribution in [0.5, 0.6) is 0 Å². The lowest BCUT2D eigenvalue weighted by molar-refractivity contribution is 0.143. The van der Waals surface area contributed by atoms with Gasteiger partial charge in [-0.05, 0) is 39.8 Å². The summed E-state index contributed by atoms with van der Waals surface area (Å²) in [6, 6.07) is 24.8. The Labute approximate surface area is 177 Å². The van der Waals surface area contributed by atoms with Gasteiger partial charge in [-0.3, -0.25) is 0 Å². The molecule has 0 bridgehead atoms. The third kappa shape index (κ3) is 4.44. The molecule has 0 spiro atoms. The normalized spacial score (nSPS) is 12.6. The summed E-state index contributed by atoms with van der Waals surface area (Å²) < 4.78 is 5.55. The number of alkyl carbamates (subject to hydrolysis) is 1. The molecule has 0 saturated carbocycles. The van der Waals surface area contributed by atoms with Gasteiger partial charge in [0.1, 0.15) is 6.61 Å². The first-order valence-corrected chi connectivity index (χ1v) is 10.3. The van der Waals surface area contributed by atoms with Crippen molar-refractivity contribution in [2.45, 2.75) is 18.9 Å². The molecule has 0 aromatic heterocycles. The van der Waals surface area contributed by atoms with E-state index in [1.165, 1.54) is 22.3 Å². The van der Waals surface area contributed by atoms with E-state index in [1.54, 1.807) is 0 Å². The summed E-state index contributed by atoms with van der Waals surface area (Å²) in [6.07, 6.45) is 4.44. The van der Waals surface area contributed by atoms with Crippen molar-refractivity contribution in [3.05, 3.63) is 101 Å². The van der Waals surface area contributed by atoms with E-state index >= 15 is 0 Å². The smallest absolute Gasteiger partial charge is 0.407 e. The molecule has 1 aliphatic rings. The molecule has 3 aromatic rings. The second-order valence-electron chi connectivity index (χ2n) is 7.39. The third-order valence-corrected chi connectivity index (χ3v) is 5.42. The molecule has 30 heavy (non-hydrogen) atoms. The van der Waals surface area contributed by atoms with Crippen LogP contribution < -0.4 is 11.1 Å². The van der Waals surface area contributed by atoms with Crippen LogP contribution in [-0.2, 0) is 11.3 Å². The number of nitrogens with one attached hydrogen (secondary N) is 1. The second kappa shape index (κ2) is 9.42. The number of hydrogen-bond donors (Lipinski definition) is 2. The van der Waals surface area contributed by atoms with Crippen molar-refractivity contribution in [1.82, 2.24) is 5.32 Å². The van der Waals surface area contributed by atoms with E-state index in [9.17, 15) is 4.79 Å². The molecule has 0 fully saturated rings. The number of amides is 1. The zero-order valence-electron chi connectivity index (χ0n) is 16.9. The van der Waals surface area contributed by atoms with Crippen LogP contribution in [0.3, 0.4) is 0 Å². The summed E-state index contributed by atoms with van der Waals surface area (Å²) in [6.45, 7) is 1.40. The Bertz CT molecular complexity index is 1010. The predicted molar refractivity (Wildman–Crippen MR) is 121 cm³/mol. The Morgan fingerprint density at radius 2 is 1.67 bits per heavy atom. The van der Waals surface area contributed by atoms with Gasteiger partial charge in [-0.1, -0.05) is 84.9 Å². The summed E-state index contributed by atoms with van der Waals surface area (Å²) in [5.74, 6) is 0.0814. The fourth-order valence-electron chi connectivity index (χ4n) is 3.95. The van der Waals surface area contributed by atoms with Crippen molar-refractivity contribution in [3.8, 4) is 11.1 Å². The molecule has 0 heterocycles. The lowest BCUT2D eigenvalue weighted by Gasteiger charge is -2.14. The lowest BCUT2D eigenvalue weighted by Crippen LogP contribution is -2.26. The van der Waals surface area contributed by atoms with Crippen LogP contribution in [0.4, 0.5) is 4.79 Å². The van der Waals surface area contributed by atoms with Gasteiger partial charge in [0, 0.05) is 19.0 Å². The van der Waals surface area contributed by atoms with E-state index in [2.05, 4.69) is 35.6 Å². The van der Waals surface area contributed by atoms with Gasteiger partial charge in [-0.15, -0.1) is 0 Å². The zero-order chi connectivity index (χ0) is 20.8. The van der Waals surface area contributed by atoms with Crippen molar-refractivity contribution in [1.29, 1.82) is 0 Å². The highest BCUT2D eigenvalue weighted by Gasteiger charge is 2.28. The van der Waals surface area contributed by atoms with Gasteiger partial charge < -0.3 is 15.8 Å². The summed E-state index contributed by atoms with van der Waals surface area (Å²) in [5.41, 5.74) is 12.8. The number of benzene rings is 3. The number of nitrogens with two attached hydrogens (primary N) is 1. The summed E-state index contributed by atoms with van der Waals surface area (Å²) in [5, 5.41) is 2.83. The highest BCUT2D eigenvalue weighted by Crippen LogP contribution is 2.44. The van der Waals surface area contributed by atoms with Crippen LogP contribution in [-0.4, -0.2) is 19.2 Å². The number of hydrogen-bond acceptors (Lipinski definition) is 3. The fourth-order valence-corrected chi connectivity index (χ4v) is 3.95. The molecule has 0 unspecified atom stereocenters. The molecule has 152 valence electrons. The van der Waals surface area contributed by atoms with E-state index in [-0.39, 0.29) is 12.0 Å². The molecule has 4 heteroatoms. The van der Waals surface area contributed by atoms with Crippen molar-refractivity contribution < 1.29 is 9.53 Å². The minimum Gasteiger partial charge on any atom is -0.449 e. The van der Waals surface area contributed by atoms with Crippen LogP contribution >= 0.6 is 0 Å². The molecule has 1 amide bonds. The quantitative estimate of drug-likeness (QED) is 0.545. The van der Waals surface area contributed by atoms with Gasteiger partial charge in [0.15, 0.2) is 0 Å². The Balaban J connectivity index is 1.27. The van der Waals surface area contributed by atoms with Gasteiger partial charge in [0.25, 0.3) is 0 Å². The van der Waals surface area contributed by atoms with Crippen LogP contribution in [0.2, 0.25) is 0 Å². The Hall–Kier alpha value is -3.37. The van der Waals surface area contributed by atoms with Crippen molar-refractivity contribution >= 4 is 12.2 Å². The van der Waals surface area contributed by atoms with Gasteiger partial charge in [-0.2, -0.15) is 0 Å². The largest absolute Gasteiger partial charge is 0.449 e. The lowest BCUT2D eigenvalue weighted by atomic mass is 9.98. The summed E-state index contributed by atoms with van der Waals surface area (Å²) in [7, 11) is 0. The molecule has 0 aliphatic heterocycles. The van der Waals surface area contributed by atoms with Crippen molar-refractivity contribution in [2.24, 2.45) is 5.73 Å². The number of rotatable bonds is 7. The fraction of sp³-hybridized carbons (Fsp3) is 0.192. The molecule has 3 N–H and O–H groups in total. The van der Waals surface area contributed by atoms with Gasteiger partial charge in [0.2, 0.25) is 0 Å². The zero-order valence-corrected chi connectivity index (χ0v) is 16.9. The molecule has 0 saturated heterocycles. The molecular weight excluding hydrogens is 372 g/mol. The molecule has 4 rings (SSSR count). The maximum Gasteiger partial charge on any atom is 0.407 e. The average molecular weight is 399 g/mol. The van der Waals surface area contributed by atoms with Gasteiger partial charge in [-0.25, -0.2) is 4.79 Å². The van der Waals surface area contributed by atoms with Crippen molar-refractivity contribution in [3.63, 3.8) is 0 Å². The number of carbonyl (C=O) groups excluding carboxylic acids is 1. The average Bonchev–Trinajstić information content (AvgIpc) is 3.11. The van der Waals surface area contributed by atoms with E-state index in [1.807, 2.05) is 54.6 Å². The minimum absolute atomic E-state index is 0.0814. The van der Waals surface area contributed by atoms with E-state index < -0.39 is 0 Å². The molecule has 0 atom stereocenters. The van der Waals surface area contributed by atoms with Crippen molar-refractivity contribution in [2.75, 3.05) is 13.2 Å². The molecule has 3 aromatic carbocycles. The van der Waals surface area contributed by atoms with Crippen LogP contribution in [0.25, 0.3) is 17.2 Å². The Kier molecular flexibility index (Phi) is 6.26. The van der Waals surface area contributed by atoms with E-state index in [4.69, 9.17) is 10.5 Å². The topological polar surface area (TPSA) is 64.3 Å². The SMILES string of the molecule is NCc1cccc(C=CCCNC(=O)OCC2c3ccccc3-c3ccccc32)c1. The number of ether oxygens (including phenoxy) is 1. The first kappa shape index (κ1) is 19.9. The molecule has 4 nitrogen and oxygen atoms in total. The van der Waals surface area contributed by atoms with Crippen LogP contribution in [0.1, 0.15) is 34.6 Å². The van der Waals surface area contributed by atoms with Crippen LogP contribution in [0.15, 0.2) is 78.9 Å².